The van der Waals surface area contributed by atoms with Crippen molar-refractivity contribution in [3.05, 3.63) is 57.8 Å². The number of hydrogen-bond acceptors (Lipinski definition) is 3. The molecule has 1 saturated carbocycles. The van der Waals surface area contributed by atoms with Gasteiger partial charge in [0.25, 0.3) is 0 Å². The van der Waals surface area contributed by atoms with Crippen LogP contribution in [0.5, 0.6) is 0 Å². The highest BCUT2D eigenvalue weighted by Gasteiger charge is 2.30. The Bertz CT molecular complexity index is 844. The molecule has 4 rings (SSSR count). The molecule has 1 aromatic carbocycles. The van der Waals surface area contributed by atoms with Crippen LogP contribution in [0.15, 0.2) is 41.8 Å². The van der Waals surface area contributed by atoms with Gasteiger partial charge >= 0.3 is 11.8 Å². The van der Waals surface area contributed by atoms with Crippen molar-refractivity contribution in [3.63, 3.8) is 0 Å². The van der Waals surface area contributed by atoms with Crippen LogP contribution in [0.25, 0.3) is 0 Å². The van der Waals surface area contributed by atoms with Gasteiger partial charge in [0.1, 0.15) is 12.6 Å². The second kappa shape index (κ2) is 10.2. The van der Waals surface area contributed by atoms with E-state index in [1.807, 2.05) is 0 Å². The maximum Gasteiger partial charge on any atom is 0.309 e. The highest BCUT2D eigenvalue weighted by molar-refractivity contribution is 7.10. The first-order valence-corrected chi connectivity index (χ1v) is 12.1. The summed E-state index contributed by atoms with van der Waals surface area (Å²) in [4.78, 5) is 27.7. The molecule has 1 unspecified atom stereocenters. The molecular formula is C24H32N3O2S+. The third kappa shape index (κ3) is 5.29. The van der Waals surface area contributed by atoms with Gasteiger partial charge in [-0.15, -0.1) is 11.3 Å². The second-order valence-corrected chi connectivity index (χ2v) is 9.52. The van der Waals surface area contributed by atoms with Gasteiger partial charge in [-0.25, -0.2) is 0 Å². The van der Waals surface area contributed by atoms with Gasteiger partial charge in [0.15, 0.2) is 0 Å². The molecule has 0 bridgehead atoms. The minimum Gasteiger partial charge on any atom is -0.345 e. The number of nitrogens with one attached hydrogen (secondary N) is 3. The van der Waals surface area contributed by atoms with E-state index in [0.29, 0.717) is 6.54 Å². The largest absolute Gasteiger partial charge is 0.345 e. The lowest BCUT2D eigenvalue weighted by Gasteiger charge is -2.32. The number of carbonyl (C=O) groups is 2. The van der Waals surface area contributed by atoms with E-state index in [1.54, 1.807) is 11.3 Å². The molecule has 0 spiro atoms. The van der Waals surface area contributed by atoms with Crippen molar-refractivity contribution < 1.29 is 14.5 Å². The zero-order valence-corrected chi connectivity index (χ0v) is 18.3. The van der Waals surface area contributed by atoms with Crippen LogP contribution < -0.4 is 15.5 Å². The Labute approximate surface area is 182 Å². The Hall–Kier alpha value is -2.18. The van der Waals surface area contributed by atoms with Crippen molar-refractivity contribution in [2.45, 2.75) is 63.6 Å². The van der Waals surface area contributed by atoms with Crippen molar-refractivity contribution in [1.29, 1.82) is 0 Å². The molecule has 2 aliphatic rings. The zero-order valence-electron chi connectivity index (χ0n) is 17.5. The molecule has 160 valence electrons. The standard InChI is InChI=1S/C24H31N3O2S/c28-23(24(29)26-20-10-3-1-2-4-11-20)25-16-21(22-12-7-15-30-22)27-14-13-18-8-5-6-9-19(18)17-27/h5-9,12,15,20-21H,1-4,10-11,13-14,16-17H2,(H,25,28)(H,26,29)/p+1/t21-/m1/s1. The molecule has 3 N–H and O–H groups in total. The summed E-state index contributed by atoms with van der Waals surface area (Å²) in [5, 5.41) is 7.97. The highest BCUT2D eigenvalue weighted by atomic mass is 32.1. The predicted octanol–water partition coefficient (Wildman–Crippen LogP) is 2.39. The molecule has 1 aromatic heterocycles. The highest BCUT2D eigenvalue weighted by Crippen LogP contribution is 2.19. The zero-order chi connectivity index (χ0) is 20.8. The second-order valence-electron chi connectivity index (χ2n) is 8.54. The molecule has 0 radical (unpaired) electrons. The lowest BCUT2D eigenvalue weighted by atomic mass is 9.98. The normalized spacial score (nSPS) is 20.6. The Balaban J connectivity index is 1.37. The van der Waals surface area contributed by atoms with E-state index in [9.17, 15) is 9.59 Å². The van der Waals surface area contributed by atoms with Crippen LogP contribution in [0.4, 0.5) is 0 Å². The van der Waals surface area contributed by atoms with E-state index in [0.717, 1.165) is 45.2 Å². The van der Waals surface area contributed by atoms with Crippen LogP contribution in [0.1, 0.15) is 60.6 Å². The van der Waals surface area contributed by atoms with E-state index in [4.69, 9.17) is 0 Å². The van der Waals surface area contributed by atoms with Gasteiger partial charge in [0.05, 0.1) is 18.0 Å². The number of thiophene rings is 1. The quantitative estimate of drug-likeness (QED) is 0.508. The number of rotatable bonds is 5. The van der Waals surface area contributed by atoms with Crippen LogP contribution in [0, 0.1) is 0 Å². The maximum atomic E-state index is 12.5. The summed E-state index contributed by atoms with van der Waals surface area (Å²) in [5.74, 6) is -0.983. The van der Waals surface area contributed by atoms with E-state index >= 15 is 0 Å². The molecule has 6 heteroatoms. The van der Waals surface area contributed by atoms with Gasteiger partial charge < -0.3 is 15.5 Å². The van der Waals surface area contributed by atoms with Gasteiger partial charge in [-0.3, -0.25) is 9.59 Å². The van der Waals surface area contributed by atoms with Crippen LogP contribution in [-0.2, 0) is 22.6 Å². The molecule has 1 fully saturated rings. The number of hydrogen-bond donors (Lipinski definition) is 3. The van der Waals surface area contributed by atoms with Crippen LogP contribution >= 0.6 is 11.3 Å². The summed E-state index contributed by atoms with van der Waals surface area (Å²) in [6, 6.07) is 13.1. The number of benzene rings is 1. The summed E-state index contributed by atoms with van der Waals surface area (Å²) < 4.78 is 0. The average Bonchev–Trinajstić information content (AvgIpc) is 3.18. The lowest BCUT2D eigenvalue weighted by molar-refractivity contribution is -0.945. The molecule has 1 aliphatic heterocycles. The first-order valence-electron chi connectivity index (χ1n) is 11.2. The fraction of sp³-hybridized carbons (Fsp3) is 0.500. The lowest BCUT2D eigenvalue weighted by Crippen LogP contribution is -3.12. The van der Waals surface area contributed by atoms with Crippen LogP contribution in [0.3, 0.4) is 0 Å². The van der Waals surface area contributed by atoms with Crippen molar-refractivity contribution in [2.24, 2.45) is 0 Å². The summed E-state index contributed by atoms with van der Waals surface area (Å²) in [7, 11) is 0. The minimum absolute atomic E-state index is 0.142. The SMILES string of the molecule is O=C(NC[C@H](c1cccs1)[NH+]1CCc2ccccc2C1)C(=O)NC1CCCCCC1. The van der Waals surface area contributed by atoms with Crippen molar-refractivity contribution >= 4 is 23.2 Å². The topological polar surface area (TPSA) is 62.6 Å². The molecule has 2 heterocycles. The van der Waals surface area contributed by atoms with E-state index < -0.39 is 11.8 Å². The van der Waals surface area contributed by atoms with Crippen molar-refractivity contribution in [1.82, 2.24) is 10.6 Å². The predicted molar refractivity (Wildman–Crippen MR) is 119 cm³/mol. The van der Waals surface area contributed by atoms with Gasteiger partial charge in [0, 0.05) is 18.0 Å². The maximum absolute atomic E-state index is 12.5. The van der Waals surface area contributed by atoms with E-state index in [-0.39, 0.29) is 12.1 Å². The van der Waals surface area contributed by atoms with Crippen molar-refractivity contribution in [3.8, 4) is 0 Å². The third-order valence-corrected chi connectivity index (χ3v) is 7.48. The van der Waals surface area contributed by atoms with Gasteiger partial charge in [-0.05, 0) is 29.9 Å². The fourth-order valence-corrected chi connectivity index (χ4v) is 5.67. The molecule has 2 aromatic rings. The summed E-state index contributed by atoms with van der Waals surface area (Å²) in [6.45, 7) is 2.46. The van der Waals surface area contributed by atoms with E-state index in [2.05, 4.69) is 52.4 Å². The minimum atomic E-state index is -0.502. The summed E-state index contributed by atoms with van der Waals surface area (Å²) in [5.41, 5.74) is 2.82. The molecule has 2 amide bonds. The Kier molecular flexibility index (Phi) is 7.18. The first-order chi connectivity index (χ1) is 14.7. The molecule has 5 nitrogen and oxygen atoms in total. The van der Waals surface area contributed by atoms with E-state index in [1.165, 1.54) is 33.7 Å². The third-order valence-electron chi connectivity index (χ3n) is 6.49. The number of quaternary nitrogens is 1. The van der Waals surface area contributed by atoms with Crippen LogP contribution in [-0.4, -0.2) is 30.9 Å². The smallest absolute Gasteiger partial charge is 0.309 e. The number of fused-ring (bicyclic) bond motifs is 1. The van der Waals surface area contributed by atoms with Crippen molar-refractivity contribution in [2.75, 3.05) is 13.1 Å². The van der Waals surface area contributed by atoms with Gasteiger partial charge in [-0.2, -0.15) is 0 Å². The average molecular weight is 427 g/mol. The van der Waals surface area contributed by atoms with Crippen LogP contribution in [0.2, 0.25) is 0 Å². The summed E-state index contributed by atoms with van der Waals surface area (Å²) in [6.07, 6.45) is 7.72. The molecule has 2 atom stereocenters. The Morgan fingerprint density at radius 3 is 2.50 bits per heavy atom. The van der Waals surface area contributed by atoms with Gasteiger partial charge in [-0.1, -0.05) is 56.0 Å². The molecule has 0 saturated heterocycles. The Morgan fingerprint density at radius 1 is 1.00 bits per heavy atom. The fourth-order valence-electron chi connectivity index (χ4n) is 4.78. The number of carbonyl (C=O) groups excluding carboxylic acids is 2. The first kappa shape index (κ1) is 21.1. The monoisotopic (exact) mass is 426 g/mol. The molecular weight excluding hydrogens is 394 g/mol. The summed E-state index contributed by atoms with van der Waals surface area (Å²) >= 11 is 1.72. The van der Waals surface area contributed by atoms with Gasteiger partial charge in [0.2, 0.25) is 0 Å². The molecule has 30 heavy (non-hydrogen) atoms. The number of amides is 2. The Morgan fingerprint density at radius 2 is 1.77 bits per heavy atom. The molecule has 1 aliphatic carbocycles.